The van der Waals surface area contributed by atoms with Crippen LogP contribution in [-0.2, 0) is 4.74 Å². The molecule has 0 aliphatic rings. The highest BCUT2D eigenvalue weighted by Gasteiger charge is 2.20. The number of rotatable bonds is 9. The van der Waals surface area contributed by atoms with Gasteiger partial charge in [0.2, 0.25) is 0 Å². The van der Waals surface area contributed by atoms with Crippen molar-refractivity contribution in [1.82, 2.24) is 0 Å². The summed E-state index contributed by atoms with van der Waals surface area (Å²) in [7, 11) is 0. The van der Waals surface area contributed by atoms with Gasteiger partial charge in [-0.2, -0.15) is 0 Å². The molecule has 0 aliphatic heterocycles. The second-order valence-corrected chi connectivity index (χ2v) is 5.92. The summed E-state index contributed by atoms with van der Waals surface area (Å²) in [6, 6.07) is 11.8. The summed E-state index contributed by atoms with van der Waals surface area (Å²) in [4.78, 5) is 24.6. The van der Waals surface area contributed by atoms with E-state index < -0.39 is 17.8 Å². The van der Waals surface area contributed by atoms with Gasteiger partial charge in [-0.1, -0.05) is 56.9 Å². The number of unbranched alkanes of at least 4 members (excludes halogenated alkanes) is 4. The van der Waals surface area contributed by atoms with Crippen molar-refractivity contribution < 1.29 is 23.5 Å². The fourth-order valence-corrected chi connectivity index (χ4v) is 2.47. The molecule has 0 N–H and O–H groups in total. The van der Waals surface area contributed by atoms with Crippen molar-refractivity contribution in [3.8, 4) is 5.75 Å². The van der Waals surface area contributed by atoms with E-state index in [4.69, 9.17) is 9.47 Å². The first-order chi connectivity index (χ1) is 12.6. The lowest BCUT2D eigenvalue weighted by Gasteiger charge is -2.10. The Hall–Kier alpha value is -2.69. The standard InChI is InChI=1S/C21H23FO4/c1-2-3-4-5-10-15-25-20(23)16-11-6-7-12-17(16)21(24)26-19-14-9-8-13-18(19)22/h6-9,11-14H,2-5,10,15H2,1H3. The minimum absolute atomic E-state index is 0.0479. The lowest BCUT2D eigenvalue weighted by molar-refractivity contribution is 0.0489. The van der Waals surface area contributed by atoms with Crippen molar-refractivity contribution >= 4 is 11.9 Å². The Morgan fingerprint density at radius 2 is 1.46 bits per heavy atom. The molecule has 0 aliphatic carbocycles. The van der Waals surface area contributed by atoms with Gasteiger partial charge >= 0.3 is 11.9 Å². The van der Waals surface area contributed by atoms with Gasteiger partial charge in [0.05, 0.1) is 17.7 Å². The molecule has 0 unspecified atom stereocenters. The second kappa shape index (κ2) is 10.3. The summed E-state index contributed by atoms with van der Waals surface area (Å²) >= 11 is 0. The molecule has 0 amide bonds. The molecule has 0 radical (unpaired) electrons. The Kier molecular flexibility index (Phi) is 7.80. The van der Waals surface area contributed by atoms with Crippen molar-refractivity contribution in [2.45, 2.75) is 39.0 Å². The maximum Gasteiger partial charge on any atom is 0.344 e. The van der Waals surface area contributed by atoms with Gasteiger partial charge in [-0.05, 0) is 30.7 Å². The molecule has 2 aromatic rings. The number of para-hydroxylation sites is 1. The van der Waals surface area contributed by atoms with Gasteiger partial charge in [0, 0.05) is 0 Å². The number of carbonyl (C=O) groups excluding carboxylic acids is 2. The minimum atomic E-state index is -0.800. The minimum Gasteiger partial charge on any atom is -0.462 e. The van der Waals surface area contributed by atoms with Gasteiger partial charge in [-0.25, -0.2) is 14.0 Å². The highest BCUT2D eigenvalue weighted by molar-refractivity contribution is 6.03. The van der Waals surface area contributed by atoms with Crippen LogP contribution in [0.4, 0.5) is 4.39 Å². The van der Waals surface area contributed by atoms with Crippen LogP contribution in [-0.4, -0.2) is 18.5 Å². The van der Waals surface area contributed by atoms with Crippen molar-refractivity contribution in [2.24, 2.45) is 0 Å². The molecule has 0 fully saturated rings. The van der Waals surface area contributed by atoms with Crippen molar-refractivity contribution in [3.05, 3.63) is 65.5 Å². The number of halogens is 1. The van der Waals surface area contributed by atoms with E-state index >= 15 is 0 Å². The van der Waals surface area contributed by atoms with Crippen LogP contribution in [0.25, 0.3) is 0 Å². The molecule has 0 saturated heterocycles. The van der Waals surface area contributed by atoms with E-state index in [-0.39, 0.29) is 16.9 Å². The second-order valence-electron chi connectivity index (χ2n) is 5.92. The smallest absolute Gasteiger partial charge is 0.344 e. The van der Waals surface area contributed by atoms with E-state index in [9.17, 15) is 14.0 Å². The van der Waals surface area contributed by atoms with Gasteiger partial charge < -0.3 is 9.47 Å². The summed E-state index contributed by atoms with van der Waals surface area (Å²) in [5.41, 5.74) is 0.161. The van der Waals surface area contributed by atoms with Crippen molar-refractivity contribution in [2.75, 3.05) is 6.61 Å². The fourth-order valence-electron chi connectivity index (χ4n) is 2.47. The number of ether oxygens (including phenoxy) is 2. The van der Waals surface area contributed by atoms with Crippen LogP contribution >= 0.6 is 0 Å². The zero-order chi connectivity index (χ0) is 18.8. The van der Waals surface area contributed by atoms with E-state index in [2.05, 4.69) is 6.92 Å². The van der Waals surface area contributed by atoms with Crippen LogP contribution in [0.3, 0.4) is 0 Å². The number of benzene rings is 2. The van der Waals surface area contributed by atoms with E-state index in [0.29, 0.717) is 6.61 Å². The lowest BCUT2D eigenvalue weighted by atomic mass is 10.1. The first kappa shape index (κ1) is 19.6. The molecule has 26 heavy (non-hydrogen) atoms. The Morgan fingerprint density at radius 3 is 2.15 bits per heavy atom. The van der Waals surface area contributed by atoms with Crippen molar-refractivity contribution in [1.29, 1.82) is 0 Å². The monoisotopic (exact) mass is 358 g/mol. The molecule has 5 heteroatoms. The third-order valence-electron chi connectivity index (χ3n) is 3.89. The topological polar surface area (TPSA) is 52.6 Å². The van der Waals surface area contributed by atoms with Crippen LogP contribution in [0.5, 0.6) is 5.75 Å². The van der Waals surface area contributed by atoms with Gasteiger partial charge in [-0.3, -0.25) is 0 Å². The summed E-state index contributed by atoms with van der Waals surface area (Å²) < 4.78 is 24.0. The maximum absolute atomic E-state index is 13.6. The average Bonchev–Trinajstić information content (AvgIpc) is 2.66. The Labute approximate surface area is 152 Å². The highest BCUT2D eigenvalue weighted by atomic mass is 19.1. The van der Waals surface area contributed by atoms with Gasteiger partial charge in [0.25, 0.3) is 0 Å². The SMILES string of the molecule is CCCCCCCOC(=O)c1ccccc1C(=O)Oc1ccccc1F. The summed E-state index contributed by atoms with van der Waals surface area (Å²) in [6.07, 6.45) is 5.21. The van der Waals surface area contributed by atoms with Gasteiger partial charge in [0.1, 0.15) is 0 Å². The highest BCUT2D eigenvalue weighted by Crippen LogP contribution is 2.19. The zero-order valence-corrected chi connectivity index (χ0v) is 14.9. The molecule has 0 spiro atoms. The molecule has 0 heterocycles. The fraction of sp³-hybridized carbons (Fsp3) is 0.333. The van der Waals surface area contributed by atoms with E-state index in [0.717, 1.165) is 25.7 Å². The Morgan fingerprint density at radius 1 is 0.846 bits per heavy atom. The Balaban J connectivity index is 1.99. The summed E-state index contributed by atoms with van der Waals surface area (Å²) in [5.74, 6) is -2.21. The molecule has 0 atom stereocenters. The molecule has 0 aromatic heterocycles. The van der Waals surface area contributed by atoms with E-state index in [1.807, 2.05) is 0 Å². The molecule has 4 nitrogen and oxygen atoms in total. The third-order valence-corrected chi connectivity index (χ3v) is 3.89. The molecule has 0 saturated carbocycles. The lowest BCUT2D eigenvalue weighted by Crippen LogP contribution is -2.16. The van der Waals surface area contributed by atoms with E-state index in [1.165, 1.54) is 36.8 Å². The predicted octanol–water partition coefficient (Wildman–Crippen LogP) is 5.17. The molecule has 0 bridgehead atoms. The average molecular weight is 358 g/mol. The number of hydrogen-bond donors (Lipinski definition) is 0. The van der Waals surface area contributed by atoms with Gasteiger partial charge in [0.15, 0.2) is 11.6 Å². The molecular formula is C21H23FO4. The maximum atomic E-state index is 13.6. The number of carbonyl (C=O) groups is 2. The van der Waals surface area contributed by atoms with Crippen LogP contribution < -0.4 is 4.74 Å². The summed E-state index contributed by atoms with van der Waals surface area (Å²) in [6.45, 7) is 2.44. The largest absolute Gasteiger partial charge is 0.462 e. The number of hydrogen-bond acceptors (Lipinski definition) is 4. The molecule has 2 aromatic carbocycles. The van der Waals surface area contributed by atoms with Gasteiger partial charge in [-0.15, -0.1) is 0 Å². The van der Waals surface area contributed by atoms with Crippen LogP contribution in [0.15, 0.2) is 48.5 Å². The quantitative estimate of drug-likeness (QED) is 0.352. The first-order valence-electron chi connectivity index (χ1n) is 8.86. The normalized spacial score (nSPS) is 10.4. The number of esters is 2. The van der Waals surface area contributed by atoms with E-state index in [1.54, 1.807) is 18.2 Å². The molecule has 138 valence electrons. The summed E-state index contributed by atoms with van der Waals surface area (Å²) in [5, 5.41) is 0. The van der Waals surface area contributed by atoms with Crippen LogP contribution in [0, 0.1) is 5.82 Å². The predicted molar refractivity (Wildman–Crippen MR) is 96.8 cm³/mol. The van der Waals surface area contributed by atoms with Crippen LogP contribution in [0.1, 0.15) is 59.7 Å². The Bertz CT molecular complexity index is 742. The van der Waals surface area contributed by atoms with Crippen LogP contribution in [0.2, 0.25) is 0 Å². The first-order valence-corrected chi connectivity index (χ1v) is 8.86. The third kappa shape index (κ3) is 5.69. The van der Waals surface area contributed by atoms with Crippen molar-refractivity contribution in [3.63, 3.8) is 0 Å². The molecular weight excluding hydrogens is 335 g/mol. The molecule has 2 rings (SSSR count). The zero-order valence-electron chi connectivity index (χ0n) is 14.9.